The lowest BCUT2D eigenvalue weighted by Crippen LogP contribution is -1.99. The molecule has 4 heteroatoms. The third kappa shape index (κ3) is 1.66. The van der Waals surface area contributed by atoms with E-state index in [0.717, 1.165) is 0 Å². The van der Waals surface area contributed by atoms with Crippen LogP contribution in [0.25, 0.3) is 10.8 Å². The van der Waals surface area contributed by atoms with Crippen LogP contribution in [0.4, 0.5) is 0 Å². The summed E-state index contributed by atoms with van der Waals surface area (Å²) in [5.41, 5.74) is 0.0941. The second kappa shape index (κ2) is 3.72. The molecule has 2 aromatic rings. The number of hydrogen-bond donors (Lipinski definition) is 1. The van der Waals surface area contributed by atoms with Crippen LogP contribution in [0.2, 0.25) is 10.0 Å². The van der Waals surface area contributed by atoms with Crippen LogP contribution in [0, 0.1) is 0 Å². The average Bonchev–Trinajstić information content (AvgIpc) is 2.17. The molecule has 0 aromatic heterocycles. The third-order valence-electron chi connectivity index (χ3n) is 2.16. The summed E-state index contributed by atoms with van der Waals surface area (Å²) in [7, 11) is 0. The van der Waals surface area contributed by atoms with E-state index in [-0.39, 0.29) is 10.6 Å². The summed E-state index contributed by atoms with van der Waals surface area (Å²) in [6, 6.07) is 8.46. The summed E-state index contributed by atoms with van der Waals surface area (Å²) in [6.07, 6.45) is 0. The highest BCUT2D eigenvalue weighted by molar-refractivity contribution is 6.41. The van der Waals surface area contributed by atoms with Crippen molar-refractivity contribution in [1.82, 2.24) is 0 Å². The van der Waals surface area contributed by atoms with Gasteiger partial charge in [0.25, 0.3) is 0 Å². The zero-order valence-corrected chi connectivity index (χ0v) is 9.01. The molecule has 1 N–H and O–H groups in total. The number of carboxylic acid groups (broad SMARTS) is 1. The number of fused-ring (bicyclic) bond motifs is 1. The molecule has 0 aliphatic heterocycles. The average molecular weight is 241 g/mol. The highest BCUT2D eigenvalue weighted by Crippen LogP contribution is 2.32. The van der Waals surface area contributed by atoms with Crippen molar-refractivity contribution < 1.29 is 9.90 Å². The van der Waals surface area contributed by atoms with Crippen molar-refractivity contribution in [2.75, 3.05) is 0 Å². The first-order valence-corrected chi connectivity index (χ1v) is 4.97. The van der Waals surface area contributed by atoms with E-state index < -0.39 is 5.97 Å². The molecule has 0 amide bonds. The van der Waals surface area contributed by atoms with Crippen LogP contribution in [0.3, 0.4) is 0 Å². The van der Waals surface area contributed by atoms with Gasteiger partial charge in [0.15, 0.2) is 0 Å². The Morgan fingerprint density at radius 3 is 2.27 bits per heavy atom. The summed E-state index contributed by atoms with van der Waals surface area (Å²) in [5.74, 6) is -1.05. The number of carboxylic acids is 1. The quantitative estimate of drug-likeness (QED) is 0.823. The molecule has 0 spiro atoms. The summed E-state index contributed by atoms with van der Waals surface area (Å²) >= 11 is 11.8. The smallest absolute Gasteiger partial charge is 0.337 e. The molecule has 0 unspecified atom stereocenters. The molecule has 2 aromatic carbocycles. The molecule has 0 aliphatic carbocycles. The molecule has 0 aliphatic rings. The predicted molar refractivity (Wildman–Crippen MR) is 60.9 cm³/mol. The van der Waals surface area contributed by atoms with Crippen LogP contribution < -0.4 is 0 Å². The number of benzene rings is 2. The summed E-state index contributed by atoms with van der Waals surface area (Å²) in [5, 5.41) is 10.9. The maximum Gasteiger partial charge on any atom is 0.337 e. The van der Waals surface area contributed by atoms with Gasteiger partial charge in [0.2, 0.25) is 0 Å². The highest BCUT2D eigenvalue weighted by Gasteiger charge is 2.15. The lowest BCUT2D eigenvalue weighted by atomic mass is 10.0. The zero-order valence-electron chi connectivity index (χ0n) is 7.50. The van der Waals surface area contributed by atoms with Gasteiger partial charge in [-0.25, -0.2) is 4.79 Å². The van der Waals surface area contributed by atoms with Gasteiger partial charge in [0.05, 0.1) is 10.6 Å². The molecule has 0 atom stereocenters. The van der Waals surface area contributed by atoms with E-state index in [1.54, 1.807) is 24.3 Å². The van der Waals surface area contributed by atoms with Gasteiger partial charge in [-0.05, 0) is 11.5 Å². The van der Waals surface area contributed by atoms with E-state index in [2.05, 4.69) is 0 Å². The normalized spacial score (nSPS) is 10.5. The summed E-state index contributed by atoms with van der Waals surface area (Å²) < 4.78 is 0. The lowest BCUT2D eigenvalue weighted by molar-refractivity contribution is 0.0699. The van der Waals surface area contributed by atoms with Crippen LogP contribution in [-0.2, 0) is 0 Å². The minimum atomic E-state index is -1.05. The molecule has 0 radical (unpaired) electrons. The minimum absolute atomic E-state index is 0.0941. The number of carbonyl (C=O) groups is 1. The van der Waals surface area contributed by atoms with Crippen molar-refractivity contribution in [1.29, 1.82) is 0 Å². The number of aromatic carboxylic acids is 1. The van der Waals surface area contributed by atoms with E-state index >= 15 is 0 Å². The first-order chi connectivity index (χ1) is 7.11. The molecule has 0 saturated heterocycles. The van der Waals surface area contributed by atoms with Gasteiger partial charge in [-0.3, -0.25) is 0 Å². The van der Waals surface area contributed by atoms with Crippen molar-refractivity contribution >= 4 is 39.9 Å². The van der Waals surface area contributed by atoms with Crippen molar-refractivity contribution in [3.63, 3.8) is 0 Å². The first-order valence-electron chi connectivity index (χ1n) is 4.21. The number of hydrogen-bond acceptors (Lipinski definition) is 1. The minimum Gasteiger partial charge on any atom is -0.478 e. The monoisotopic (exact) mass is 240 g/mol. The van der Waals surface area contributed by atoms with E-state index in [0.29, 0.717) is 15.8 Å². The Hall–Kier alpha value is -1.25. The number of halogens is 2. The van der Waals surface area contributed by atoms with Crippen molar-refractivity contribution in [2.45, 2.75) is 0 Å². The standard InChI is InChI=1S/C11H6Cl2O2/c12-8-5-9(13)10(11(14)15)7-4-2-1-3-6(7)8/h1-5H,(H,14,15). The lowest BCUT2D eigenvalue weighted by Gasteiger charge is -2.06. The van der Waals surface area contributed by atoms with Gasteiger partial charge in [0, 0.05) is 10.4 Å². The summed E-state index contributed by atoms with van der Waals surface area (Å²) in [6.45, 7) is 0. The van der Waals surface area contributed by atoms with Gasteiger partial charge in [0.1, 0.15) is 0 Å². The second-order valence-corrected chi connectivity index (χ2v) is 3.88. The Balaban J connectivity index is 2.96. The van der Waals surface area contributed by atoms with E-state index in [1.165, 1.54) is 6.07 Å². The Morgan fingerprint density at radius 2 is 1.67 bits per heavy atom. The van der Waals surface area contributed by atoms with Crippen LogP contribution in [0.5, 0.6) is 0 Å². The SMILES string of the molecule is O=C(O)c1c(Cl)cc(Cl)c2ccccc12. The largest absolute Gasteiger partial charge is 0.478 e. The fraction of sp³-hybridized carbons (Fsp3) is 0. The molecule has 0 fully saturated rings. The van der Waals surface area contributed by atoms with Crippen LogP contribution in [0.15, 0.2) is 30.3 Å². The van der Waals surface area contributed by atoms with Crippen LogP contribution >= 0.6 is 23.2 Å². The maximum atomic E-state index is 11.0. The second-order valence-electron chi connectivity index (χ2n) is 3.07. The van der Waals surface area contributed by atoms with Crippen molar-refractivity contribution in [3.05, 3.63) is 45.9 Å². The molecular formula is C11H6Cl2O2. The summed E-state index contributed by atoms with van der Waals surface area (Å²) in [4.78, 5) is 11.0. The van der Waals surface area contributed by atoms with Crippen molar-refractivity contribution in [2.24, 2.45) is 0 Å². The number of rotatable bonds is 1. The molecule has 2 rings (SSSR count). The Labute approximate surface area is 96.0 Å². The Bertz CT molecular complexity index is 550. The molecule has 76 valence electrons. The van der Waals surface area contributed by atoms with Gasteiger partial charge in [-0.15, -0.1) is 0 Å². The zero-order chi connectivity index (χ0) is 11.0. The van der Waals surface area contributed by atoms with Gasteiger partial charge in [-0.2, -0.15) is 0 Å². The maximum absolute atomic E-state index is 11.0. The molecule has 15 heavy (non-hydrogen) atoms. The molecule has 2 nitrogen and oxygen atoms in total. The van der Waals surface area contributed by atoms with E-state index in [4.69, 9.17) is 28.3 Å². The van der Waals surface area contributed by atoms with Crippen LogP contribution in [0.1, 0.15) is 10.4 Å². The fourth-order valence-electron chi connectivity index (χ4n) is 1.52. The highest BCUT2D eigenvalue weighted by atomic mass is 35.5. The molecule has 0 saturated carbocycles. The Kier molecular flexibility index (Phi) is 2.55. The van der Waals surface area contributed by atoms with Gasteiger partial charge in [-0.1, -0.05) is 47.5 Å². The molecule has 0 heterocycles. The van der Waals surface area contributed by atoms with Gasteiger partial charge < -0.3 is 5.11 Å². The first kappa shape index (κ1) is 10.3. The third-order valence-corrected chi connectivity index (χ3v) is 2.77. The topological polar surface area (TPSA) is 37.3 Å². The fourth-order valence-corrected chi connectivity index (χ4v) is 2.14. The predicted octanol–water partition coefficient (Wildman–Crippen LogP) is 3.84. The Morgan fingerprint density at radius 1 is 1.07 bits per heavy atom. The van der Waals surface area contributed by atoms with E-state index in [1.807, 2.05) is 0 Å². The van der Waals surface area contributed by atoms with Gasteiger partial charge >= 0.3 is 5.97 Å². The van der Waals surface area contributed by atoms with Crippen molar-refractivity contribution in [3.8, 4) is 0 Å². The molecule has 0 bridgehead atoms. The van der Waals surface area contributed by atoms with E-state index in [9.17, 15) is 4.79 Å². The van der Waals surface area contributed by atoms with Crippen LogP contribution in [-0.4, -0.2) is 11.1 Å². The molecular weight excluding hydrogens is 235 g/mol.